The van der Waals surface area contributed by atoms with Crippen molar-refractivity contribution in [1.29, 1.82) is 0 Å². The van der Waals surface area contributed by atoms with E-state index >= 15 is 0 Å². The number of hydrogen-bond acceptors (Lipinski definition) is 1. The zero-order chi connectivity index (χ0) is 13.5. The average Bonchev–Trinajstić information content (AvgIpc) is 2.30. The molecule has 1 aromatic carbocycles. The van der Waals surface area contributed by atoms with Gasteiger partial charge in [-0.3, -0.25) is 0 Å². The van der Waals surface area contributed by atoms with E-state index < -0.39 is 0 Å². The Kier molecular flexibility index (Phi) is 8.71. The molecule has 0 radical (unpaired) electrons. The van der Waals surface area contributed by atoms with Gasteiger partial charge in [0, 0.05) is 12.6 Å². The lowest BCUT2D eigenvalue weighted by Gasteiger charge is -2.14. The molecule has 0 fully saturated rings. The molecule has 0 unspecified atom stereocenters. The fraction of sp³-hybridized carbons (Fsp3) is 0.500. The van der Waals surface area contributed by atoms with Crippen LogP contribution >= 0.6 is 24.0 Å². The van der Waals surface area contributed by atoms with E-state index in [1.807, 2.05) is 13.0 Å². The minimum absolute atomic E-state index is 0. The Balaban J connectivity index is 0.00000324. The molecule has 0 atom stereocenters. The summed E-state index contributed by atoms with van der Waals surface area (Å²) in [7, 11) is 0. The maximum absolute atomic E-state index is 13.4. The van der Waals surface area contributed by atoms with Gasteiger partial charge in [-0.1, -0.05) is 12.1 Å². The van der Waals surface area contributed by atoms with Gasteiger partial charge in [-0.2, -0.15) is 0 Å². The van der Waals surface area contributed by atoms with E-state index in [9.17, 15) is 4.39 Å². The molecule has 2 N–H and O–H groups in total. The van der Waals surface area contributed by atoms with E-state index in [0.29, 0.717) is 18.2 Å². The SMILES string of the molecule is CCNC(=NCc1ccc(C)c(F)c1)NC(C)C.I. The molecule has 1 aromatic rings. The molecule has 3 nitrogen and oxygen atoms in total. The molecule has 0 amide bonds. The van der Waals surface area contributed by atoms with Crippen molar-refractivity contribution in [2.45, 2.75) is 40.3 Å². The fourth-order valence-corrected chi connectivity index (χ4v) is 1.50. The van der Waals surface area contributed by atoms with E-state index in [2.05, 4.69) is 29.5 Å². The van der Waals surface area contributed by atoms with Crippen LogP contribution in [0, 0.1) is 12.7 Å². The maximum atomic E-state index is 13.4. The first kappa shape index (κ1) is 18.1. The number of benzene rings is 1. The van der Waals surface area contributed by atoms with Crippen molar-refractivity contribution >= 4 is 29.9 Å². The largest absolute Gasteiger partial charge is 0.357 e. The van der Waals surface area contributed by atoms with Crippen LogP contribution in [-0.2, 0) is 6.54 Å². The summed E-state index contributed by atoms with van der Waals surface area (Å²) in [5, 5.41) is 6.38. The summed E-state index contributed by atoms with van der Waals surface area (Å²) in [6.45, 7) is 9.16. The highest BCUT2D eigenvalue weighted by atomic mass is 127. The van der Waals surface area contributed by atoms with Gasteiger partial charge in [0.2, 0.25) is 0 Å². The highest BCUT2D eigenvalue weighted by Gasteiger charge is 2.01. The third-order valence-corrected chi connectivity index (χ3v) is 2.43. The molecule has 5 heteroatoms. The molecule has 0 aliphatic rings. The summed E-state index contributed by atoms with van der Waals surface area (Å²) in [6.07, 6.45) is 0. The van der Waals surface area contributed by atoms with Gasteiger partial charge in [0.05, 0.1) is 6.54 Å². The Morgan fingerprint density at radius 1 is 1.37 bits per heavy atom. The molecule has 0 aliphatic heterocycles. The topological polar surface area (TPSA) is 36.4 Å². The van der Waals surface area contributed by atoms with E-state index in [1.165, 1.54) is 6.07 Å². The quantitative estimate of drug-likeness (QED) is 0.479. The molecule has 19 heavy (non-hydrogen) atoms. The zero-order valence-electron chi connectivity index (χ0n) is 12.0. The van der Waals surface area contributed by atoms with Gasteiger partial charge in [0.25, 0.3) is 0 Å². The maximum Gasteiger partial charge on any atom is 0.191 e. The van der Waals surface area contributed by atoms with Gasteiger partial charge in [-0.05, 0) is 44.9 Å². The van der Waals surface area contributed by atoms with Crippen LogP contribution < -0.4 is 10.6 Å². The Morgan fingerprint density at radius 2 is 2.05 bits per heavy atom. The first-order chi connectivity index (χ1) is 8.52. The molecular weight excluding hydrogens is 356 g/mol. The fourth-order valence-electron chi connectivity index (χ4n) is 1.50. The second-order valence-corrected chi connectivity index (χ2v) is 4.58. The number of nitrogens with zero attached hydrogens (tertiary/aromatic N) is 1. The highest BCUT2D eigenvalue weighted by Crippen LogP contribution is 2.09. The minimum atomic E-state index is -0.176. The van der Waals surface area contributed by atoms with Crippen LogP contribution in [0.2, 0.25) is 0 Å². The van der Waals surface area contributed by atoms with Crippen LogP contribution in [0.15, 0.2) is 23.2 Å². The standard InChI is InChI=1S/C14H22FN3.HI/c1-5-16-14(18-10(2)3)17-9-12-7-6-11(4)13(15)8-12;/h6-8,10H,5,9H2,1-4H3,(H2,16,17,18);1H. The first-order valence-electron chi connectivity index (χ1n) is 6.32. The summed E-state index contributed by atoms with van der Waals surface area (Å²) < 4.78 is 13.4. The lowest BCUT2D eigenvalue weighted by Crippen LogP contribution is -2.41. The van der Waals surface area contributed by atoms with Crippen molar-refractivity contribution in [2.24, 2.45) is 4.99 Å². The Hall–Kier alpha value is -0.850. The normalized spacial score (nSPS) is 11.2. The van der Waals surface area contributed by atoms with Crippen molar-refractivity contribution < 1.29 is 4.39 Å². The summed E-state index contributed by atoms with van der Waals surface area (Å²) in [6, 6.07) is 5.54. The van der Waals surface area contributed by atoms with Crippen LogP contribution in [-0.4, -0.2) is 18.5 Å². The molecular formula is C14H23FIN3. The molecule has 0 bridgehead atoms. The number of guanidine groups is 1. The highest BCUT2D eigenvalue weighted by molar-refractivity contribution is 14.0. The average molecular weight is 379 g/mol. The zero-order valence-corrected chi connectivity index (χ0v) is 14.3. The van der Waals surface area contributed by atoms with E-state index in [-0.39, 0.29) is 29.8 Å². The van der Waals surface area contributed by atoms with Crippen molar-refractivity contribution in [1.82, 2.24) is 10.6 Å². The van der Waals surface area contributed by atoms with Crippen molar-refractivity contribution in [3.63, 3.8) is 0 Å². The lowest BCUT2D eigenvalue weighted by atomic mass is 10.1. The Bertz CT molecular complexity index is 419. The number of rotatable bonds is 4. The molecule has 0 spiro atoms. The molecule has 1 rings (SSSR count). The van der Waals surface area contributed by atoms with Gasteiger partial charge < -0.3 is 10.6 Å². The molecule has 0 aromatic heterocycles. The van der Waals surface area contributed by atoms with Gasteiger partial charge in [0.15, 0.2) is 5.96 Å². The van der Waals surface area contributed by atoms with Crippen LogP contribution in [0.1, 0.15) is 31.9 Å². The number of halogens is 2. The summed E-state index contributed by atoms with van der Waals surface area (Å²) in [5.41, 5.74) is 1.54. The van der Waals surface area contributed by atoms with E-state index in [1.54, 1.807) is 13.0 Å². The molecule has 108 valence electrons. The third kappa shape index (κ3) is 6.75. The second kappa shape index (κ2) is 9.12. The van der Waals surface area contributed by atoms with Gasteiger partial charge in [-0.15, -0.1) is 24.0 Å². The van der Waals surface area contributed by atoms with Gasteiger partial charge in [0.1, 0.15) is 5.82 Å². The Labute approximate surface area is 132 Å². The van der Waals surface area contributed by atoms with Crippen molar-refractivity contribution in [3.05, 3.63) is 35.1 Å². The van der Waals surface area contributed by atoms with E-state index in [0.717, 1.165) is 18.1 Å². The van der Waals surface area contributed by atoms with E-state index in [4.69, 9.17) is 0 Å². The number of hydrogen-bond donors (Lipinski definition) is 2. The monoisotopic (exact) mass is 379 g/mol. The molecule has 0 saturated heterocycles. The molecule has 0 aliphatic carbocycles. The van der Waals surface area contributed by atoms with Crippen molar-refractivity contribution in [3.8, 4) is 0 Å². The smallest absolute Gasteiger partial charge is 0.191 e. The van der Waals surface area contributed by atoms with Crippen LogP contribution in [0.3, 0.4) is 0 Å². The van der Waals surface area contributed by atoms with Gasteiger partial charge >= 0.3 is 0 Å². The van der Waals surface area contributed by atoms with Gasteiger partial charge in [-0.25, -0.2) is 9.38 Å². The summed E-state index contributed by atoms with van der Waals surface area (Å²) in [4.78, 5) is 4.42. The predicted molar refractivity (Wildman–Crippen MR) is 89.6 cm³/mol. The number of aliphatic imine (C=N–C) groups is 1. The van der Waals surface area contributed by atoms with Crippen LogP contribution in [0.25, 0.3) is 0 Å². The summed E-state index contributed by atoms with van der Waals surface area (Å²) in [5.74, 6) is 0.581. The summed E-state index contributed by atoms with van der Waals surface area (Å²) >= 11 is 0. The van der Waals surface area contributed by atoms with Crippen LogP contribution in [0.4, 0.5) is 4.39 Å². The first-order valence-corrected chi connectivity index (χ1v) is 6.32. The minimum Gasteiger partial charge on any atom is -0.357 e. The predicted octanol–water partition coefficient (Wildman–Crippen LogP) is 3.22. The van der Waals surface area contributed by atoms with Crippen molar-refractivity contribution in [2.75, 3.05) is 6.54 Å². The lowest BCUT2D eigenvalue weighted by molar-refractivity contribution is 0.616. The molecule has 0 saturated carbocycles. The Morgan fingerprint density at radius 3 is 2.58 bits per heavy atom. The number of nitrogens with one attached hydrogen (secondary N) is 2. The molecule has 0 heterocycles. The second-order valence-electron chi connectivity index (χ2n) is 4.58. The third-order valence-electron chi connectivity index (χ3n) is 2.43. The number of aryl methyl sites for hydroxylation is 1. The van der Waals surface area contributed by atoms with Crippen LogP contribution in [0.5, 0.6) is 0 Å².